The quantitative estimate of drug-likeness (QED) is 0.664. The number of ether oxygens (including phenoxy) is 1. The number of benzene rings is 1. The molecule has 6 nitrogen and oxygen atoms in total. The monoisotopic (exact) mass is 224 g/mol. The molecule has 0 saturated heterocycles. The molecule has 0 bridgehead atoms. The number of amides is 1. The Morgan fingerprint density at radius 1 is 1.38 bits per heavy atom. The van der Waals surface area contributed by atoms with E-state index in [0.717, 1.165) is 6.92 Å². The first kappa shape index (κ1) is 12.0. The molecule has 0 aliphatic carbocycles. The summed E-state index contributed by atoms with van der Waals surface area (Å²) in [6, 6.07) is 8.48. The molecular weight excluding hydrogens is 212 g/mol. The van der Waals surface area contributed by atoms with Gasteiger partial charge in [0, 0.05) is 12.6 Å². The van der Waals surface area contributed by atoms with E-state index in [-0.39, 0.29) is 0 Å². The number of para-hydroxylation sites is 1. The Bertz CT molecular complexity index is 389. The predicted molar refractivity (Wildman–Crippen MR) is 56.8 cm³/mol. The van der Waals surface area contributed by atoms with Crippen molar-refractivity contribution in [3.05, 3.63) is 30.3 Å². The third kappa shape index (κ3) is 3.25. The van der Waals surface area contributed by atoms with E-state index in [4.69, 9.17) is 10.8 Å². The smallest absolute Gasteiger partial charge is 0.413 e. The highest BCUT2D eigenvalue weighted by atomic mass is 16.6. The summed E-state index contributed by atoms with van der Waals surface area (Å²) in [6.45, 7) is 1.08. The Balaban J connectivity index is 2.58. The van der Waals surface area contributed by atoms with Gasteiger partial charge in [-0.2, -0.15) is 0 Å². The number of carbonyl (C=O) groups is 2. The Labute approximate surface area is 92.0 Å². The molecule has 0 radical (unpaired) electrons. The topological polar surface area (TPSA) is 102 Å². The number of hydrogen-bond donors (Lipinski definition) is 3. The lowest BCUT2D eigenvalue weighted by atomic mass is 10.3. The van der Waals surface area contributed by atoms with Crippen LogP contribution < -0.4 is 11.1 Å². The van der Waals surface area contributed by atoms with Crippen molar-refractivity contribution in [3.8, 4) is 0 Å². The largest absolute Gasteiger partial charge is 0.477 e. The van der Waals surface area contributed by atoms with Gasteiger partial charge in [-0.15, -0.1) is 0 Å². The molecule has 0 aromatic heterocycles. The van der Waals surface area contributed by atoms with Crippen LogP contribution in [0.1, 0.15) is 6.92 Å². The second-order valence-corrected chi connectivity index (χ2v) is 3.29. The fraction of sp³-hybridized carbons (Fsp3) is 0.200. The predicted octanol–water partition coefficient (Wildman–Crippen LogP) is 0.995. The molecule has 16 heavy (non-hydrogen) atoms. The standard InChI is InChI=1S/C10H12N2O4/c1-10(11,8(13)14)16-9(15)12-7-5-3-2-4-6-7/h2-6H,11H2,1H3,(H,12,15)(H,13,14). The molecule has 86 valence electrons. The summed E-state index contributed by atoms with van der Waals surface area (Å²) in [6.07, 6.45) is -0.918. The van der Waals surface area contributed by atoms with E-state index in [2.05, 4.69) is 10.1 Å². The van der Waals surface area contributed by atoms with Gasteiger partial charge in [-0.25, -0.2) is 9.59 Å². The fourth-order valence-corrected chi connectivity index (χ4v) is 0.901. The molecular formula is C10H12N2O4. The van der Waals surface area contributed by atoms with Crippen LogP contribution in [-0.4, -0.2) is 22.9 Å². The average molecular weight is 224 g/mol. The van der Waals surface area contributed by atoms with Gasteiger partial charge in [-0.3, -0.25) is 11.1 Å². The van der Waals surface area contributed by atoms with Crippen LogP contribution in [0.2, 0.25) is 0 Å². The van der Waals surface area contributed by atoms with Crippen LogP contribution in [0, 0.1) is 0 Å². The van der Waals surface area contributed by atoms with Gasteiger partial charge < -0.3 is 9.84 Å². The van der Waals surface area contributed by atoms with E-state index >= 15 is 0 Å². The molecule has 0 aliphatic rings. The maximum Gasteiger partial charge on any atom is 0.413 e. The van der Waals surface area contributed by atoms with Crippen molar-refractivity contribution in [3.63, 3.8) is 0 Å². The van der Waals surface area contributed by atoms with Gasteiger partial charge in [0.15, 0.2) is 0 Å². The molecule has 1 rings (SSSR count). The van der Waals surface area contributed by atoms with Crippen molar-refractivity contribution in [2.45, 2.75) is 12.6 Å². The Morgan fingerprint density at radius 2 is 1.94 bits per heavy atom. The Kier molecular flexibility index (Phi) is 3.47. The second-order valence-electron chi connectivity index (χ2n) is 3.29. The number of aliphatic carboxylic acids is 1. The van der Waals surface area contributed by atoms with E-state index in [1.807, 2.05) is 0 Å². The van der Waals surface area contributed by atoms with Gasteiger partial charge in [-0.05, 0) is 12.1 Å². The molecule has 0 fully saturated rings. The van der Waals surface area contributed by atoms with Crippen LogP contribution in [0.4, 0.5) is 10.5 Å². The highest BCUT2D eigenvalue weighted by Crippen LogP contribution is 2.08. The lowest BCUT2D eigenvalue weighted by Gasteiger charge is -2.19. The minimum atomic E-state index is -2.04. The molecule has 0 spiro atoms. The number of anilines is 1. The normalized spacial score (nSPS) is 13.6. The van der Waals surface area contributed by atoms with Gasteiger partial charge in [0.25, 0.3) is 5.72 Å². The lowest BCUT2D eigenvalue weighted by Crippen LogP contribution is -2.49. The summed E-state index contributed by atoms with van der Waals surface area (Å²) < 4.78 is 4.53. The second kappa shape index (κ2) is 4.63. The van der Waals surface area contributed by atoms with Crippen LogP contribution in [0.5, 0.6) is 0 Å². The van der Waals surface area contributed by atoms with E-state index < -0.39 is 17.8 Å². The maximum atomic E-state index is 11.3. The first-order valence-electron chi connectivity index (χ1n) is 4.49. The number of hydrogen-bond acceptors (Lipinski definition) is 4. The number of nitrogens with one attached hydrogen (secondary N) is 1. The number of carbonyl (C=O) groups excluding carboxylic acids is 1. The van der Waals surface area contributed by atoms with Crippen molar-refractivity contribution in [1.82, 2.24) is 0 Å². The Hall–Kier alpha value is -2.08. The third-order valence-electron chi connectivity index (χ3n) is 1.75. The minimum Gasteiger partial charge on any atom is -0.477 e. The molecule has 1 unspecified atom stereocenters. The van der Waals surface area contributed by atoms with Crippen LogP contribution in [0.15, 0.2) is 30.3 Å². The molecule has 0 saturated carbocycles. The van der Waals surface area contributed by atoms with E-state index in [9.17, 15) is 9.59 Å². The first-order chi connectivity index (χ1) is 7.42. The molecule has 1 amide bonds. The van der Waals surface area contributed by atoms with Gasteiger partial charge in [0.2, 0.25) is 0 Å². The maximum absolute atomic E-state index is 11.3. The van der Waals surface area contributed by atoms with Crippen molar-refractivity contribution >= 4 is 17.7 Å². The highest BCUT2D eigenvalue weighted by Gasteiger charge is 2.32. The fourth-order valence-electron chi connectivity index (χ4n) is 0.901. The zero-order valence-electron chi connectivity index (χ0n) is 8.64. The third-order valence-corrected chi connectivity index (χ3v) is 1.75. The summed E-state index contributed by atoms with van der Waals surface area (Å²) in [7, 11) is 0. The summed E-state index contributed by atoms with van der Waals surface area (Å²) in [5, 5.41) is 11.0. The summed E-state index contributed by atoms with van der Waals surface area (Å²) >= 11 is 0. The van der Waals surface area contributed by atoms with Gasteiger partial charge >= 0.3 is 12.1 Å². The van der Waals surface area contributed by atoms with Gasteiger partial charge in [-0.1, -0.05) is 18.2 Å². The van der Waals surface area contributed by atoms with Crippen LogP contribution in [0.25, 0.3) is 0 Å². The van der Waals surface area contributed by atoms with E-state index in [0.29, 0.717) is 5.69 Å². The number of carboxylic acids is 1. The van der Waals surface area contributed by atoms with Crippen LogP contribution in [-0.2, 0) is 9.53 Å². The molecule has 1 atom stereocenters. The highest BCUT2D eigenvalue weighted by molar-refractivity contribution is 5.87. The van der Waals surface area contributed by atoms with E-state index in [1.54, 1.807) is 30.3 Å². The zero-order chi connectivity index (χ0) is 12.2. The summed E-state index contributed by atoms with van der Waals surface area (Å²) in [5.41, 5.74) is 3.68. The average Bonchev–Trinajstić information content (AvgIpc) is 2.17. The first-order valence-corrected chi connectivity index (χ1v) is 4.49. The van der Waals surface area contributed by atoms with E-state index in [1.165, 1.54) is 0 Å². The summed E-state index contributed by atoms with van der Waals surface area (Å²) in [5.74, 6) is -1.42. The van der Waals surface area contributed by atoms with Crippen molar-refractivity contribution < 1.29 is 19.4 Å². The summed E-state index contributed by atoms with van der Waals surface area (Å²) in [4.78, 5) is 21.8. The molecule has 4 N–H and O–H groups in total. The lowest BCUT2D eigenvalue weighted by molar-refractivity contribution is -0.155. The molecule has 0 heterocycles. The van der Waals surface area contributed by atoms with Crippen molar-refractivity contribution in [1.29, 1.82) is 0 Å². The number of rotatable bonds is 3. The number of nitrogens with two attached hydrogens (primary N) is 1. The van der Waals surface area contributed by atoms with Crippen LogP contribution >= 0.6 is 0 Å². The van der Waals surface area contributed by atoms with Gasteiger partial charge in [0.05, 0.1) is 0 Å². The van der Waals surface area contributed by atoms with Crippen LogP contribution in [0.3, 0.4) is 0 Å². The Morgan fingerprint density at radius 3 is 2.44 bits per heavy atom. The zero-order valence-corrected chi connectivity index (χ0v) is 8.64. The number of carboxylic acid groups (broad SMARTS) is 1. The van der Waals surface area contributed by atoms with Gasteiger partial charge in [0.1, 0.15) is 0 Å². The molecule has 1 aromatic carbocycles. The van der Waals surface area contributed by atoms with Crippen molar-refractivity contribution in [2.75, 3.05) is 5.32 Å². The van der Waals surface area contributed by atoms with Crippen molar-refractivity contribution in [2.24, 2.45) is 5.73 Å². The molecule has 1 aromatic rings. The molecule has 0 aliphatic heterocycles. The molecule has 6 heteroatoms. The minimum absolute atomic E-state index is 0.494. The SMILES string of the molecule is CC(N)(OC(=O)Nc1ccccc1)C(=O)O.